The number of halogens is 7. The molecule has 0 saturated carbocycles. The summed E-state index contributed by atoms with van der Waals surface area (Å²) in [6, 6.07) is 3.49. The second-order valence-corrected chi connectivity index (χ2v) is 4.18. The van der Waals surface area contributed by atoms with Crippen LogP contribution in [0.25, 0.3) is 5.69 Å². The molecule has 2 aromatic rings. The lowest BCUT2D eigenvalue weighted by molar-refractivity contribution is -0.141. The number of alkyl halides is 6. The number of para-hydroxylation sites is 1. The Labute approximate surface area is 113 Å². The van der Waals surface area contributed by atoms with Crippen molar-refractivity contribution in [3.63, 3.8) is 0 Å². The van der Waals surface area contributed by atoms with E-state index in [2.05, 4.69) is 5.10 Å². The molecule has 0 aliphatic carbocycles. The van der Waals surface area contributed by atoms with E-state index in [1.165, 1.54) is 0 Å². The lowest BCUT2D eigenvalue weighted by Gasteiger charge is -2.14. The number of rotatable bonds is 1. The summed E-state index contributed by atoms with van der Waals surface area (Å²) >= 11 is 5.65. The molecule has 0 amide bonds. The molecule has 0 aliphatic heterocycles. The van der Waals surface area contributed by atoms with E-state index in [1.807, 2.05) is 0 Å². The van der Waals surface area contributed by atoms with Crippen molar-refractivity contribution in [1.29, 1.82) is 0 Å². The third-order valence-corrected chi connectivity index (χ3v) is 2.71. The fraction of sp³-hybridized carbons (Fsp3) is 0.182. The maximum atomic E-state index is 12.8. The smallest absolute Gasteiger partial charge is 0.238 e. The number of aromatic nitrogens is 2. The lowest BCUT2D eigenvalue weighted by atomic mass is 10.1. The maximum Gasteiger partial charge on any atom is 0.435 e. The van der Waals surface area contributed by atoms with Gasteiger partial charge in [-0.2, -0.15) is 31.4 Å². The standard InChI is InChI=1S/C11H5ClF6N2/c12-7-3-1-2-6(10(13,14)15)9(7)20-5-4-8(19-20)11(16,17)18/h1-5H. The molecule has 9 heteroatoms. The first-order chi connectivity index (χ1) is 9.10. The van der Waals surface area contributed by atoms with Gasteiger partial charge in [0.2, 0.25) is 0 Å². The first-order valence-corrected chi connectivity index (χ1v) is 5.47. The highest BCUT2D eigenvalue weighted by Crippen LogP contribution is 2.37. The van der Waals surface area contributed by atoms with Crippen LogP contribution in [-0.4, -0.2) is 9.78 Å². The minimum atomic E-state index is -4.76. The molecule has 0 N–H and O–H groups in total. The summed E-state index contributed by atoms with van der Waals surface area (Å²) in [6.07, 6.45) is -8.73. The second kappa shape index (κ2) is 4.69. The fourth-order valence-electron chi connectivity index (χ4n) is 1.58. The van der Waals surface area contributed by atoms with Crippen LogP contribution in [0.5, 0.6) is 0 Å². The quantitative estimate of drug-likeness (QED) is 0.705. The highest BCUT2D eigenvalue weighted by atomic mass is 35.5. The predicted octanol–water partition coefficient (Wildman–Crippen LogP) is 4.56. The zero-order chi connectivity index (χ0) is 15.1. The van der Waals surface area contributed by atoms with E-state index in [-0.39, 0.29) is 5.02 Å². The molecule has 0 fully saturated rings. The van der Waals surface area contributed by atoms with E-state index in [9.17, 15) is 26.3 Å². The molecule has 0 bridgehead atoms. The van der Waals surface area contributed by atoms with Gasteiger partial charge in [0.25, 0.3) is 0 Å². The molecule has 1 heterocycles. The third kappa shape index (κ3) is 2.74. The lowest BCUT2D eigenvalue weighted by Crippen LogP contribution is -2.13. The zero-order valence-corrected chi connectivity index (χ0v) is 10.2. The van der Waals surface area contributed by atoms with Crippen molar-refractivity contribution in [2.75, 3.05) is 0 Å². The number of nitrogens with zero attached hydrogens (tertiary/aromatic N) is 2. The van der Waals surface area contributed by atoms with Gasteiger partial charge in [-0.25, -0.2) is 4.68 Å². The average molecular weight is 315 g/mol. The van der Waals surface area contributed by atoms with Crippen molar-refractivity contribution < 1.29 is 26.3 Å². The van der Waals surface area contributed by atoms with Crippen LogP contribution >= 0.6 is 11.6 Å². The Bertz CT molecular complexity index is 629. The van der Waals surface area contributed by atoms with Crippen molar-refractivity contribution >= 4 is 11.6 Å². The van der Waals surface area contributed by atoms with Crippen molar-refractivity contribution in [2.45, 2.75) is 12.4 Å². The first kappa shape index (κ1) is 14.7. The third-order valence-electron chi connectivity index (χ3n) is 2.40. The van der Waals surface area contributed by atoms with Gasteiger partial charge in [0.1, 0.15) is 0 Å². The molecule has 0 radical (unpaired) electrons. The average Bonchev–Trinajstić information content (AvgIpc) is 2.76. The Hall–Kier alpha value is -1.70. The molecule has 1 aromatic carbocycles. The van der Waals surface area contributed by atoms with E-state index in [0.29, 0.717) is 10.7 Å². The molecule has 2 rings (SSSR count). The van der Waals surface area contributed by atoms with Crippen LogP contribution < -0.4 is 0 Å². The normalized spacial score (nSPS) is 12.8. The Balaban J connectivity index is 2.61. The Morgan fingerprint density at radius 2 is 1.60 bits per heavy atom. The molecule has 1 aromatic heterocycles. The molecule has 0 saturated heterocycles. The van der Waals surface area contributed by atoms with Crippen LogP contribution in [0.1, 0.15) is 11.3 Å². The van der Waals surface area contributed by atoms with E-state index < -0.39 is 29.3 Å². The van der Waals surface area contributed by atoms with Crippen molar-refractivity contribution in [1.82, 2.24) is 9.78 Å². The summed E-state index contributed by atoms with van der Waals surface area (Å²) in [4.78, 5) is 0. The van der Waals surface area contributed by atoms with Crippen molar-refractivity contribution in [2.24, 2.45) is 0 Å². The molecular weight excluding hydrogens is 310 g/mol. The summed E-state index contributed by atoms with van der Waals surface area (Å²) in [5.41, 5.74) is -3.11. The van der Waals surface area contributed by atoms with Gasteiger partial charge >= 0.3 is 12.4 Å². The topological polar surface area (TPSA) is 17.8 Å². The molecule has 0 atom stereocenters. The van der Waals surface area contributed by atoms with Gasteiger partial charge in [0, 0.05) is 6.20 Å². The molecule has 20 heavy (non-hydrogen) atoms. The van der Waals surface area contributed by atoms with Crippen LogP contribution in [0.2, 0.25) is 5.02 Å². The highest BCUT2D eigenvalue weighted by Gasteiger charge is 2.37. The SMILES string of the molecule is FC(F)(F)c1ccn(-c2c(Cl)cccc2C(F)(F)F)n1. The second-order valence-electron chi connectivity index (χ2n) is 3.78. The Morgan fingerprint density at radius 1 is 0.950 bits per heavy atom. The van der Waals surface area contributed by atoms with Crippen LogP contribution in [0, 0.1) is 0 Å². The van der Waals surface area contributed by atoms with E-state index >= 15 is 0 Å². The van der Waals surface area contributed by atoms with Gasteiger partial charge in [-0.15, -0.1) is 0 Å². The molecule has 2 nitrogen and oxygen atoms in total. The summed E-state index contributed by atoms with van der Waals surface area (Å²) in [7, 11) is 0. The van der Waals surface area contributed by atoms with Gasteiger partial charge < -0.3 is 0 Å². The fourth-order valence-corrected chi connectivity index (χ4v) is 1.84. The number of benzene rings is 1. The minimum absolute atomic E-state index is 0.350. The summed E-state index contributed by atoms with van der Waals surface area (Å²) in [6.45, 7) is 0. The van der Waals surface area contributed by atoms with Crippen LogP contribution in [-0.2, 0) is 12.4 Å². The monoisotopic (exact) mass is 314 g/mol. The summed E-state index contributed by atoms with van der Waals surface area (Å²) < 4.78 is 76.2. The number of hydrogen-bond acceptors (Lipinski definition) is 1. The van der Waals surface area contributed by atoms with Crippen LogP contribution in [0.15, 0.2) is 30.5 Å². The molecule has 0 aliphatic rings. The molecular formula is C11H5ClF6N2. The van der Waals surface area contributed by atoms with Gasteiger partial charge in [-0.1, -0.05) is 17.7 Å². The summed E-state index contributed by atoms with van der Waals surface area (Å²) in [5.74, 6) is 0. The Morgan fingerprint density at radius 3 is 2.10 bits per heavy atom. The van der Waals surface area contributed by atoms with Crippen LogP contribution in [0.3, 0.4) is 0 Å². The van der Waals surface area contributed by atoms with Crippen molar-refractivity contribution in [3.8, 4) is 5.69 Å². The maximum absolute atomic E-state index is 12.8. The van der Waals surface area contributed by atoms with E-state index in [1.54, 1.807) is 0 Å². The largest absolute Gasteiger partial charge is 0.435 e. The molecule has 108 valence electrons. The minimum Gasteiger partial charge on any atom is -0.238 e. The van der Waals surface area contributed by atoms with Crippen LogP contribution in [0.4, 0.5) is 26.3 Å². The van der Waals surface area contributed by atoms with Gasteiger partial charge in [0.15, 0.2) is 5.69 Å². The highest BCUT2D eigenvalue weighted by molar-refractivity contribution is 6.32. The Kier molecular flexibility index (Phi) is 3.45. The van der Waals surface area contributed by atoms with E-state index in [0.717, 1.165) is 24.4 Å². The first-order valence-electron chi connectivity index (χ1n) is 5.09. The number of hydrogen-bond donors (Lipinski definition) is 0. The predicted molar refractivity (Wildman–Crippen MR) is 58.6 cm³/mol. The molecule has 0 spiro atoms. The summed E-state index contributed by atoms with van der Waals surface area (Å²) in [5, 5.41) is 2.74. The van der Waals surface area contributed by atoms with Gasteiger partial charge in [-0.05, 0) is 18.2 Å². The zero-order valence-electron chi connectivity index (χ0n) is 9.43. The van der Waals surface area contributed by atoms with E-state index in [4.69, 9.17) is 11.6 Å². The molecule has 0 unspecified atom stereocenters. The van der Waals surface area contributed by atoms with Crippen molar-refractivity contribution in [3.05, 3.63) is 46.7 Å². The van der Waals surface area contributed by atoms with Gasteiger partial charge in [-0.3, -0.25) is 0 Å². The van der Waals surface area contributed by atoms with Gasteiger partial charge in [0.05, 0.1) is 16.3 Å².